The van der Waals surface area contributed by atoms with Crippen LogP contribution in [-0.4, -0.2) is 37.9 Å². The fraction of sp³-hybridized carbons (Fsp3) is 0.381. The van der Waals surface area contributed by atoms with Crippen molar-refractivity contribution in [1.82, 2.24) is 15.2 Å². The molecule has 0 fully saturated rings. The zero-order valence-corrected chi connectivity index (χ0v) is 18.9. The number of benzene rings is 1. The molecule has 2 aromatic rings. The predicted octanol–water partition coefficient (Wildman–Crippen LogP) is 1.39. The van der Waals surface area contributed by atoms with E-state index < -0.39 is 10.0 Å². The molecule has 2 rings (SSSR count). The lowest BCUT2D eigenvalue weighted by molar-refractivity contribution is 0.0947. The Morgan fingerprint density at radius 3 is 1.84 bits per heavy atom. The van der Waals surface area contributed by atoms with Crippen molar-refractivity contribution in [1.29, 1.82) is 0 Å². The summed E-state index contributed by atoms with van der Waals surface area (Å²) in [5.74, 6) is -0.536. The van der Waals surface area contributed by atoms with E-state index in [0.29, 0.717) is 24.2 Å². The molecule has 0 bridgehead atoms. The molecule has 31 heavy (non-hydrogen) atoms. The van der Waals surface area contributed by atoms with Crippen molar-refractivity contribution >= 4 is 21.8 Å². The van der Waals surface area contributed by atoms with Gasteiger partial charge >= 0.3 is 0 Å². The number of nitrogens with two attached hydrogens (primary N) is 1. The molecule has 0 aliphatic rings. The minimum atomic E-state index is -3.78. The van der Waals surface area contributed by atoms with Gasteiger partial charge in [-0.1, -0.05) is 13.8 Å². The number of hydrogen-bond acceptors (Lipinski definition) is 5. The molecule has 10 heteroatoms. The summed E-state index contributed by atoms with van der Waals surface area (Å²) in [6.45, 7) is 4.95. The first-order chi connectivity index (χ1) is 14.7. The zero-order valence-electron chi connectivity index (χ0n) is 18.1. The second-order valence-electron chi connectivity index (χ2n) is 6.51. The summed E-state index contributed by atoms with van der Waals surface area (Å²) < 4.78 is 23.7. The molecule has 4 N–H and O–H groups in total. The van der Waals surface area contributed by atoms with Gasteiger partial charge in [0.05, 0.1) is 10.5 Å². The number of nitrogens with one attached hydrogen (secondary N) is 2. The van der Waals surface area contributed by atoms with E-state index in [-0.39, 0.29) is 22.3 Å². The summed E-state index contributed by atoms with van der Waals surface area (Å²) in [7, 11) is -2.19. The Hall–Kier alpha value is -2.98. The molecule has 1 aromatic carbocycles. The van der Waals surface area contributed by atoms with Gasteiger partial charge in [-0.05, 0) is 49.6 Å². The lowest BCUT2D eigenvalue weighted by atomic mass is 10.2. The molecule has 170 valence electrons. The van der Waals surface area contributed by atoms with E-state index in [4.69, 9.17) is 5.14 Å². The summed E-state index contributed by atoms with van der Waals surface area (Å²) in [4.78, 5) is 35.3. The monoisotopic (exact) mass is 450 g/mol. The van der Waals surface area contributed by atoms with Gasteiger partial charge in [0.1, 0.15) is 0 Å². The molecule has 0 aliphatic heterocycles. The van der Waals surface area contributed by atoms with Crippen LogP contribution in [0.3, 0.4) is 0 Å². The van der Waals surface area contributed by atoms with Crippen LogP contribution in [-0.2, 0) is 17.1 Å². The van der Waals surface area contributed by atoms with Gasteiger partial charge in [0, 0.05) is 38.0 Å². The fourth-order valence-corrected chi connectivity index (χ4v) is 3.07. The van der Waals surface area contributed by atoms with E-state index >= 15 is 0 Å². The molecule has 2 amide bonds. The van der Waals surface area contributed by atoms with Crippen molar-refractivity contribution in [3.63, 3.8) is 0 Å². The quantitative estimate of drug-likeness (QED) is 0.495. The standard InChI is InChI=1S/C19H24N4O5S.C2H6/c1-23-13-15(7-10-17(23)24)19(26)22-12-4-2-3-11-21-18(25)14-5-8-16(9-6-14)29(20,27)28;1-2/h5-10,13H,2-4,11-12H2,1H3,(H,21,25)(H,22,26)(H2,20,27,28);1-2H3. The van der Waals surface area contributed by atoms with Crippen LogP contribution in [0.1, 0.15) is 53.8 Å². The molecule has 0 unspecified atom stereocenters. The van der Waals surface area contributed by atoms with Crippen LogP contribution < -0.4 is 21.3 Å². The van der Waals surface area contributed by atoms with Crippen molar-refractivity contribution in [2.24, 2.45) is 12.2 Å². The van der Waals surface area contributed by atoms with E-state index in [2.05, 4.69) is 10.6 Å². The average Bonchev–Trinajstić information content (AvgIpc) is 2.75. The van der Waals surface area contributed by atoms with Crippen LogP contribution in [0.5, 0.6) is 0 Å². The SMILES string of the molecule is CC.Cn1cc(C(=O)NCCCCCNC(=O)c2ccc(S(N)(=O)=O)cc2)ccc1=O. The molecular formula is C21H30N4O5S. The number of amides is 2. The third-order valence-corrected chi connectivity index (χ3v) is 5.15. The first-order valence-electron chi connectivity index (χ1n) is 10.0. The second kappa shape index (κ2) is 12.7. The summed E-state index contributed by atoms with van der Waals surface area (Å²) in [5.41, 5.74) is 0.596. The molecular weight excluding hydrogens is 420 g/mol. The van der Waals surface area contributed by atoms with Gasteiger partial charge in [0.15, 0.2) is 0 Å². The van der Waals surface area contributed by atoms with Gasteiger partial charge in [0.2, 0.25) is 15.6 Å². The highest BCUT2D eigenvalue weighted by Gasteiger charge is 2.10. The Kier molecular flexibility index (Phi) is 10.6. The van der Waals surface area contributed by atoms with E-state index in [1.165, 1.54) is 47.2 Å². The number of rotatable bonds is 9. The van der Waals surface area contributed by atoms with Crippen LogP contribution >= 0.6 is 0 Å². The number of primary sulfonamides is 1. The maximum atomic E-state index is 12.0. The smallest absolute Gasteiger partial charge is 0.252 e. The third kappa shape index (κ3) is 8.73. The predicted molar refractivity (Wildman–Crippen MR) is 119 cm³/mol. The molecule has 1 heterocycles. The lowest BCUT2D eigenvalue weighted by Crippen LogP contribution is -2.27. The normalized spacial score (nSPS) is 10.6. The van der Waals surface area contributed by atoms with Gasteiger partial charge in [-0.15, -0.1) is 0 Å². The van der Waals surface area contributed by atoms with E-state index in [0.717, 1.165) is 19.3 Å². The highest BCUT2D eigenvalue weighted by atomic mass is 32.2. The van der Waals surface area contributed by atoms with Crippen molar-refractivity contribution in [2.45, 2.75) is 38.0 Å². The highest BCUT2D eigenvalue weighted by molar-refractivity contribution is 7.89. The number of sulfonamides is 1. The average molecular weight is 451 g/mol. The maximum absolute atomic E-state index is 12.0. The minimum absolute atomic E-state index is 0.0474. The minimum Gasteiger partial charge on any atom is -0.352 e. The Morgan fingerprint density at radius 2 is 1.35 bits per heavy atom. The number of nitrogens with zero attached hydrogens (tertiary/aromatic N) is 1. The first-order valence-corrected chi connectivity index (χ1v) is 11.6. The molecule has 0 radical (unpaired) electrons. The highest BCUT2D eigenvalue weighted by Crippen LogP contribution is 2.08. The Bertz CT molecular complexity index is 1030. The Morgan fingerprint density at radius 1 is 0.871 bits per heavy atom. The number of aryl methyl sites for hydroxylation is 1. The number of unbranched alkanes of at least 4 members (excludes halogenated alkanes) is 2. The molecule has 0 spiro atoms. The van der Waals surface area contributed by atoms with E-state index in [1.54, 1.807) is 7.05 Å². The van der Waals surface area contributed by atoms with Crippen molar-refractivity contribution in [3.05, 3.63) is 64.1 Å². The van der Waals surface area contributed by atoms with E-state index in [9.17, 15) is 22.8 Å². The number of pyridine rings is 1. The molecule has 0 atom stereocenters. The molecule has 9 nitrogen and oxygen atoms in total. The number of hydrogen-bond donors (Lipinski definition) is 3. The summed E-state index contributed by atoms with van der Waals surface area (Å²) in [5, 5.41) is 10.6. The summed E-state index contributed by atoms with van der Waals surface area (Å²) in [6, 6.07) is 8.23. The van der Waals surface area contributed by atoms with Gasteiger partial charge in [-0.2, -0.15) is 0 Å². The molecule has 0 saturated carbocycles. The van der Waals surface area contributed by atoms with Crippen LogP contribution in [0, 0.1) is 0 Å². The van der Waals surface area contributed by atoms with Gasteiger partial charge in [-0.25, -0.2) is 13.6 Å². The lowest BCUT2D eigenvalue weighted by Gasteiger charge is -2.07. The van der Waals surface area contributed by atoms with Crippen LogP contribution in [0.4, 0.5) is 0 Å². The van der Waals surface area contributed by atoms with Gasteiger partial charge in [-0.3, -0.25) is 14.4 Å². The van der Waals surface area contributed by atoms with Crippen molar-refractivity contribution < 1.29 is 18.0 Å². The number of carbonyl (C=O) groups excluding carboxylic acids is 2. The van der Waals surface area contributed by atoms with Gasteiger partial charge in [0.25, 0.3) is 11.8 Å². The van der Waals surface area contributed by atoms with Gasteiger partial charge < -0.3 is 15.2 Å². The van der Waals surface area contributed by atoms with Crippen LogP contribution in [0.25, 0.3) is 0 Å². The first kappa shape index (κ1) is 26.1. The molecule has 0 aliphatic carbocycles. The van der Waals surface area contributed by atoms with Crippen molar-refractivity contribution in [3.8, 4) is 0 Å². The largest absolute Gasteiger partial charge is 0.352 e. The number of aromatic nitrogens is 1. The van der Waals surface area contributed by atoms with Crippen molar-refractivity contribution in [2.75, 3.05) is 13.1 Å². The summed E-state index contributed by atoms with van der Waals surface area (Å²) in [6.07, 6.45) is 3.77. The third-order valence-electron chi connectivity index (χ3n) is 4.22. The molecule has 1 aromatic heterocycles. The topological polar surface area (TPSA) is 140 Å². The Balaban J connectivity index is 0.00000233. The van der Waals surface area contributed by atoms with E-state index in [1.807, 2.05) is 13.8 Å². The molecule has 0 saturated heterocycles. The number of carbonyl (C=O) groups is 2. The zero-order chi connectivity index (χ0) is 23.4. The summed E-state index contributed by atoms with van der Waals surface area (Å²) >= 11 is 0. The Labute approximate surface area is 182 Å². The van der Waals surface area contributed by atoms with Crippen LogP contribution in [0.15, 0.2) is 52.3 Å². The van der Waals surface area contributed by atoms with Crippen LogP contribution in [0.2, 0.25) is 0 Å². The maximum Gasteiger partial charge on any atom is 0.252 e. The second-order valence-corrected chi connectivity index (χ2v) is 8.07. The fourth-order valence-electron chi connectivity index (χ4n) is 2.56.